The monoisotopic (exact) mass is 310 g/mol. The molecule has 2 saturated heterocycles. The first-order valence-electron chi connectivity index (χ1n) is 8.96. The van der Waals surface area contributed by atoms with Crippen LogP contribution in [-0.2, 0) is 19.1 Å². The lowest BCUT2D eigenvalue weighted by Crippen LogP contribution is -2.39. The molecule has 4 atom stereocenters. The van der Waals surface area contributed by atoms with Gasteiger partial charge < -0.3 is 9.47 Å². The van der Waals surface area contributed by atoms with E-state index in [1.165, 1.54) is 31.1 Å². The van der Waals surface area contributed by atoms with Gasteiger partial charge in [0.25, 0.3) is 0 Å². The second kappa shape index (κ2) is 8.09. The van der Waals surface area contributed by atoms with Crippen LogP contribution < -0.4 is 0 Å². The highest BCUT2D eigenvalue weighted by Crippen LogP contribution is 2.51. The van der Waals surface area contributed by atoms with Crippen molar-refractivity contribution < 1.29 is 19.1 Å². The second-order valence-corrected chi connectivity index (χ2v) is 6.91. The molecule has 2 aliphatic heterocycles. The zero-order valence-corrected chi connectivity index (χ0v) is 14.2. The van der Waals surface area contributed by atoms with Crippen molar-refractivity contribution in [3.8, 4) is 0 Å². The van der Waals surface area contributed by atoms with E-state index in [4.69, 9.17) is 4.74 Å². The van der Waals surface area contributed by atoms with E-state index in [-0.39, 0.29) is 11.9 Å². The van der Waals surface area contributed by atoms with Gasteiger partial charge in [-0.25, -0.2) is 0 Å². The van der Waals surface area contributed by atoms with E-state index >= 15 is 0 Å². The summed E-state index contributed by atoms with van der Waals surface area (Å²) in [5.74, 6) is 2.27. The fourth-order valence-corrected chi connectivity index (χ4v) is 3.24. The van der Waals surface area contributed by atoms with Crippen LogP contribution in [0.25, 0.3) is 0 Å². The highest BCUT2D eigenvalue weighted by Gasteiger charge is 2.41. The average molecular weight is 310 g/mol. The molecule has 0 amide bonds. The normalized spacial score (nSPS) is 34.9. The van der Waals surface area contributed by atoms with Crippen molar-refractivity contribution >= 4 is 11.9 Å². The molecule has 4 aliphatic rings. The van der Waals surface area contributed by atoms with Crippen LogP contribution in [0.15, 0.2) is 0 Å². The molecule has 0 bridgehead atoms. The van der Waals surface area contributed by atoms with Crippen LogP contribution in [-0.4, -0.2) is 24.6 Å². The summed E-state index contributed by atoms with van der Waals surface area (Å²) in [6.07, 6.45) is 10.1. The van der Waals surface area contributed by atoms with E-state index in [1.807, 2.05) is 0 Å². The Morgan fingerprint density at radius 1 is 0.909 bits per heavy atom. The molecule has 0 N–H and O–H groups in total. The van der Waals surface area contributed by atoms with Gasteiger partial charge in [0, 0.05) is 0 Å². The maximum absolute atomic E-state index is 10.2. The van der Waals surface area contributed by atoms with Gasteiger partial charge in [-0.2, -0.15) is 0 Å². The molecule has 4 rings (SSSR count). The topological polar surface area (TPSA) is 55.9 Å². The van der Waals surface area contributed by atoms with Crippen LogP contribution in [0.2, 0.25) is 0 Å². The summed E-state index contributed by atoms with van der Waals surface area (Å²) in [6, 6.07) is 0. The third-order valence-corrected chi connectivity index (χ3v) is 5.26. The van der Waals surface area contributed by atoms with Gasteiger partial charge in [-0.3, -0.25) is 9.59 Å². The number of cyclic esters (lactones) is 2. The standard InChI is InChI=1S/C9H16.C5H6O3.C4H8O/c1-2-7-3-4-8-6-9(8)5-7;1-2-3-4(6)8-5(3)7;1-2-4-3-5-4/h7-9H,2-6H2,1H3;3H,2H2,1H3;4H,2-3H2,1H3. The van der Waals surface area contributed by atoms with E-state index in [9.17, 15) is 9.59 Å². The largest absolute Gasteiger partial charge is 0.392 e. The summed E-state index contributed by atoms with van der Waals surface area (Å²) in [7, 11) is 0. The van der Waals surface area contributed by atoms with Crippen molar-refractivity contribution in [2.24, 2.45) is 23.7 Å². The lowest BCUT2D eigenvalue weighted by Gasteiger charge is -2.19. The van der Waals surface area contributed by atoms with Gasteiger partial charge >= 0.3 is 11.9 Å². The van der Waals surface area contributed by atoms with E-state index in [1.54, 1.807) is 26.2 Å². The zero-order chi connectivity index (χ0) is 16.1. The molecule has 22 heavy (non-hydrogen) atoms. The Morgan fingerprint density at radius 3 is 1.91 bits per heavy atom. The number of carbonyl (C=O) groups is 2. The van der Waals surface area contributed by atoms with Crippen LogP contribution in [0, 0.1) is 23.7 Å². The fourth-order valence-electron chi connectivity index (χ4n) is 3.24. The van der Waals surface area contributed by atoms with Crippen LogP contribution in [0.4, 0.5) is 0 Å². The summed E-state index contributed by atoms with van der Waals surface area (Å²) >= 11 is 0. The van der Waals surface area contributed by atoms with Gasteiger partial charge in [-0.15, -0.1) is 0 Å². The molecule has 4 heteroatoms. The minimum absolute atomic E-state index is 0.377. The summed E-state index contributed by atoms with van der Waals surface area (Å²) in [5, 5.41) is 0. The Bertz CT molecular complexity index is 375. The highest BCUT2D eigenvalue weighted by molar-refractivity contribution is 6.09. The van der Waals surface area contributed by atoms with Crippen molar-refractivity contribution in [1.82, 2.24) is 0 Å². The molecule has 2 saturated carbocycles. The van der Waals surface area contributed by atoms with Gasteiger partial charge in [-0.1, -0.05) is 33.6 Å². The predicted octanol–water partition coefficient (Wildman–Crippen LogP) is 3.72. The Hall–Kier alpha value is -0.900. The third-order valence-electron chi connectivity index (χ3n) is 5.26. The van der Waals surface area contributed by atoms with Crippen LogP contribution >= 0.6 is 0 Å². The van der Waals surface area contributed by atoms with Crippen molar-refractivity contribution in [3.05, 3.63) is 0 Å². The first-order chi connectivity index (χ1) is 10.6. The minimum Gasteiger partial charge on any atom is -0.392 e. The number of hydrogen-bond donors (Lipinski definition) is 0. The van der Waals surface area contributed by atoms with E-state index in [2.05, 4.69) is 18.6 Å². The summed E-state index contributed by atoms with van der Waals surface area (Å²) in [4.78, 5) is 20.5. The second-order valence-electron chi connectivity index (χ2n) is 6.91. The number of hydrogen-bond acceptors (Lipinski definition) is 4. The number of rotatable bonds is 3. The van der Waals surface area contributed by atoms with Gasteiger partial charge in [-0.05, 0) is 49.9 Å². The Kier molecular flexibility index (Phi) is 6.42. The number of epoxide rings is 1. The lowest BCUT2D eigenvalue weighted by molar-refractivity contribution is -0.183. The van der Waals surface area contributed by atoms with Crippen molar-refractivity contribution in [1.29, 1.82) is 0 Å². The van der Waals surface area contributed by atoms with E-state index in [0.29, 0.717) is 12.5 Å². The van der Waals surface area contributed by atoms with E-state index in [0.717, 1.165) is 12.5 Å². The predicted molar refractivity (Wildman–Crippen MR) is 84.1 cm³/mol. The van der Waals surface area contributed by atoms with E-state index < -0.39 is 5.92 Å². The molecule has 0 aromatic rings. The highest BCUT2D eigenvalue weighted by atomic mass is 16.6. The van der Waals surface area contributed by atoms with Crippen LogP contribution in [0.5, 0.6) is 0 Å². The molecule has 0 aromatic carbocycles. The molecule has 2 heterocycles. The zero-order valence-electron chi connectivity index (χ0n) is 14.2. The van der Waals surface area contributed by atoms with Crippen molar-refractivity contribution in [3.63, 3.8) is 0 Å². The van der Waals surface area contributed by atoms with Gasteiger partial charge in [0.15, 0.2) is 5.92 Å². The molecule has 0 spiro atoms. The molecule has 0 radical (unpaired) electrons. The maximum Gasteiger partial charge on any atom is 0.327 e. The number of esters is 2. The first kappa shape index (κ1) is 17.5. The van der Waals surface area contributed by atoms with Gasteiger partial charge in [0.1, 0.15) is 0 Å². The molecular weight excluding hydrogens is 280 g/mol. The quantitative estimate of drug-likeness (QED) is 0.453. The summed E-state index contributed by atoms with van der Waals surface area (Å²) in [6.45, 7) is 7.27. The number of carbonyl (C=O) groups excluding carboxylic acids is 2. The molecule has 2 aliphatic carbocycles. The third kappa shape index (κ3) is 5.08. The van der Waals surface area contributed by atoms with Gasteiger partial charge in [0.05, 0.1) is 12.7 Å². The lowest BCUT2D eigenvalue weighted by atomic mass is 9.88. The molecule has 126 valence electrons. The Morgan fingerprint density at radius 2 is 1.59 bits per heavy atom. The first-order valence-corrected chi connectivity index (χ1v) is 8.96. The molecule has 4 unspecified atom stereocenters. The molecular formula is C18H30O4. The molecule has 4 nitrogen and oxygen atoms in total. The molecule has 4 fully saturated rings. The Balaban J connectivity index is 0.000000125. The summed E-state index contributed by atoms with van der Waals surface area (Å²) < 4.78 is 8.92. The smallest absolute Gasteiger partial charge is 0.327 e. The van der Waals surface area contributed by atoms with Crippen molar-refractivity contribution in [2.45, 2.75) is 71.8 Å². The van der Waals surface area contributed by atoms with Crippen LogP contribution in [0.3, 0.4) is 0 Å². The Labute approximate surface area is 133 Å². The maximum atomic E-state index is 10.2. The number of fused-ring (bicyclic) bond motifs is 1. The fraction of sp³-hybridized carbons (Fsp3) is 0.889. The molecule has 0 aromatic heterocycles. The SMILES string of the molecule is CCC1C(=O)OC1=O.CCC1CCC2CC2C1.CCC1CO1. The van der Waals surface area contributed by atoms with Gasteiger partial charge in [0.2, 0.25) is 0 Å². The van der Waals surface area contributed by atoms with Crippen molar-refractivity contribution in [2.75, 3.05) is 6.61 Å². The summed E-state index contributed by atoms with van der Waals surface area (Å²) in [5.41, 5.74) is 0. The number of ether oxygens (including phenoxy) is 2. The average Bonchev–Trinajstić information content (AvgIpc) is 3.41. The minimum atomic E-state index is -0.449. The van der Waals surface area contributed by atoms with Crippen LogP contribution in [0.1, 0.15) is 65.7 Å².